The van der Waals surface area contributed by atoms with E-state index in [0.717, 1.165) is 10.9 Å². The van der Waals surface area contributed by atoms with Gasteiger partial charge in [-0.25, -0.2) is 0 Å². The first kappa shape index (κ1) is 8.27. The van der Waals surface area contributed by atoms with Crippen molar-refractivity contribution in [1.29, 1.82) is 5.26 Å². The van der Waals surface area contributed by atoms with E-state index in [9.17, 15) is 0 Å². The predicted octanol–water partition coefficient (Wildman–Crippen LogP) is 2.12. The Labute approximate surface area is 80.2 Å². The molecule has 0 bridgehead atoms. The third-order valence-electron chi connectivity index (χ3n) is 2.14. The van der Waals surface area contributed by atoms with Gasteiger partial charge in [-0.15, -0.1) is 11.3 Å². The summed E-state index contributed by atoms with van der Waals surface area (Å²) in [6.07, 6.45) is 0. The Morgan fingerprint density at radius 2 is 2.08 bits per heavy atom. The van der Waals surface area contributed by atoms with E-state index in [-0.39, 0.29) is 0 Å². The standard InChI is InChI=1S/C9H9N3S/c1-5-8-7(4-10)11-12(3)9(8)6(2)13-5/h1-3H3. The summed E-state index contributed by atoms with van der Waals surface area (Å²) in [5, 5.41) is 14.0. The molecule has 0 aromatic carbocycles. The minimum absolute atomic E-state index is 0.541. The molecule has 0 radical (unpaired) electrons. The fourth-order valence-corrected chi connectivity index (χ4v) is 2.75. The van der Waals surface area contributed by atoms with Gasteiger partial charge in [0.2, 0.25) is 0 Å². The Balaban J connectivity index is 3.01. The van der Waals surface area contributed by atoms with Gasteiger partial charge < -0.3 is 0 Å². The molecule has 0 aliphatic rings. The van der Waals surface area contributed by atoms with Gasteiger partial charge >= 0.3 is 0 Å². The molecular weight excluding hydrogens is 182 g/mol. The normalized spacial score (nSPS) is 10.6. The maximum atomic E-state index is 8.86. The topological polar surface area (TPSA) is 41.6 Å². The van der Waals surface area contributed by atoms with Gasteiger partial charge in [0.1, 0.15) is 6.07 Å². The number of nitriles is 1. The van der Waals surface area contributed by atoms with E-state index in [1.165, 1.54) is 9.75 Å². The Kier molecular flexibility index (Phi) is 1.64. The highest BCUT2D eigenvalue weighted by Gasteiger charge is 2.14. The number of rotatable bonds is 0. The van der Waals surface area contributed by atoms with E-state index in [2.05, 4.69) is 18.1 Å². The van der Waals surface area contributed by atoms with E-state index < -0.39 is 0 Å². The van der Waals surface area contributed by atoms with Crippen molar-refractivity contribution < 1.29 is 0 Å². The van der Waals surface area contributed by atoms with Gasteiger partial charge in [-0.3, -0.25) is 4.68 Å². The van der Waals surface area contributed by atoms with E-state index in [4.69, 9.17) is 5.26 Å². The smallest absolute Gasteiger partial charge is 0.171 e. The molecule has 0 aliphatic carbocycles. The molecule has 66 valence electrons. The molecule has 0 unspecified atom stereocenters. The van der Waals surface area contributed by atoms with E-state index in [0.29, 0.717) is 5.69 Å². The monoisotopic (exact) mass is 191 g/mol. The second-order valence-corrected chi connectivity index (χ2v) is 4.45. The van der Waals surface area contributed by atoms with Crippen LogP contribution in [0.3, 0.4) is 0 Å². The lowest BCUT2D eigenvalue weighted by molar-refractivity contribution is 0.790. The summed E-state index contributed by atoms with van der Waals surface area (Å²) in [6.45, 7) is 4.09. The SMILES string of the molecule is Cc1sc(C)c2c1c(C#N)nn2C. The number of fused-ring (bicyclic) bond motifs is 1. The van der Waals surface area contributed by atoms with Gasteiger partial charge in [0.15, 0.2) is 5.69 Å². The predicted molar refractivity (Wildman–Crippen MR) is 52.8 cm³/mol. The number of nitrogens with zero attached hydrogens (tertiary/aromatic N) is 3. The first-order valence-corrected chi connectivity index (χ1v) is 4.79. The third-order valence-corrected chi connectivity index (χ3v) is 3.15. The quantitative estimate of drug-likeness (QED) is 0.640. The lowest BCUT2D eigenvalue weighted by atomic mass is 10.2. The van der Waals surface area contributed by atoms with Crippen LogP contribution in [0.4, 0.5) is 0 Å². The van der Waals surface area contributed by atoms with Crippen molar-refractivity contribution in [3.05, 3.63) is 15.4 Å². The fourth-order valence-electron chi connectivity index (χ4n) is 1.67. The lowest BCUT2D eigenvalue weighted by Crippen LogP contribution is -1.90. The summed E-state index contributed by atoms with van der Waals surface area (Å²) in [6, 6.07) is 2.12. The van der Waals surface area contributed by atoms with E-state index in [1.54, 1.807) is 16.0 Å². The summed E-state index contributed by atoms with van der Waals surface area (Å²) in [7, 11) is 1.88. The molecule has 2 rings (SSSR count). The minimum atomic E-state index is 0.541. The molecule has 0 amide bonds. The number of hydrogen-bond acceptors (Lipinski definition) is 3. The summed E-state index contributed by atoms with van der Waals surface area (Å²) in [5.74, 6) is 0. The zero-order chi connectivity index (χ0) is 9.59. The van der Waals surface area contributed by atoms with Crippen molar-refractivity contribution in [2.75, 3.05) is 0 Å². The van der Waals surface area contributed by atoms with Crippen LogP contribution in [0, 0.1) is 25.2 Å². The second-order valence-electron chi connectivity index (χ2n) is 3.02. The van der Waals surface area contributed by atoms with E-state index in [1.807, 2.05) is 14.0 Å². The number of aromatic nitrogens is 2. The van der Waals surface area contributed by atoms with Crippen molar-refractivity contribution in [3.8, 4) is 6.07 Å². The molecular formula is C9H9N3S. The Morgan fingerprint density at radius 3 is 2.69 bits per heavy atom. The summed E-state index contributed by atoms with van der Waals surface area (Å²) in [4.78, 5) is 2.40. The van der Waals surface area contributed by atoms with Crippen LogP contribution >= 0.6 is 11.3 Å². The Hall–Kier alpha value is -1.34. The van der Waals surface area contributed by atoms with E-state index >= 15 is 0 Å². The highest BCUT2D eigenvalue weighted by molar-refractivity contribution is 7.13. The lowest BCUT2D eigenvalue weighted by Gasteiger charge is -1.89. The van der Waals surface area contributed by atoms with Gasteiger partial charge in [0, 0.05) is 16.8 Å². The molecule has 2 aromatic heterocycles. The van der Waals surface area contributed by atoms with Gasteiger partial charge in [0.05, 0.1) is 10.9 Å². The molecule has 0 spiro atoms. The molecule has 0 N–H and O–H groups in total. The molecule has 0 atom stereocenters. The van der Waals surface area contributed by atoms with Crippen molar-refractivity contribution in [2.45, 2.75) is 13.8 Å². The zero-order valence-corrected chi connectivity index (χ0v) is 8.57. The van der Waals surface area contributed by atoms with Crippen LogP contribution in [0.1, 0.15) is 15.4 Å². The van der Waals surface area contributed by atoms with Crippen LogP contribution in [0.2, 0.25) is 0 Å². The molecule has 0 aliphatic heterocycles. The van der Waals surface area contributed by atoms with Crippen LogP contribution in [-0.2, 0) is 7.05 Å². The first-order chi connectivity index (χ1) is 6.15. The highest BCUT2D eigenvalue weighted by atomic mass is 32.1. The van der Waals surface area contributed by atoms with Crippen molar-refractivity contribution >= 4 is 22.2 Å². The average Bonchev–Trinajstić information content (AvgIpc) is 2.54. The van der Waals surface area contributed by atoms with Crippen molar-refractivity contribution in [2.24, 2.45) is 7.05 Å². The molecule has 0 saturated heterocycles. The number of thiophene rings is 1. The molecule has 2 aromatic rings. The molecule has 0 saturated carbocycles. The van der Waals surface area contributed by atoms with Crippen LogP contribution in [0.25, 0.3) is 10.9 Å². The van der Waals surface area contributed by atoms with Crippen molar-refractivity contribution in [3.63, 3.8) is 0 Å². The summed E-state index contributed by atoms with van der Waals surface area (Å²) in [5.41, 5.74) is 1.64. The van der Waals surface area contributed by atoms with Crippen LogP contribution in [0.5, 0.6) is 0 Å². The molecule has 13 heavy (non-hydrogen) atoms. The van der Waals surface area contributed by atoms with Gasteiger partial charge in [-0.05, 0) is 13.8 Å². The van der Waals surface area contributed by atoms with Gasteiger partial charge in [-0.2, -0.15) is 10.4 Å². The van der Waals surface area contributed by atoms with Crippen molar-refractivity contribution in [1.82, 2.24) is 9.78 Å². The largest absolute Gasteiger partial charge is 0.265 e. The minimum Gasteiger partial charge on any atom is -0.265 e. The summed E-state index contributed by atoms with van der Waals surface area (Å²) < 4.78 is 1.78. The number of hydrogen-bond donors (Lipinski definition) is 0. The Morgan fingerprint density at radius 1 is 1.38 bits per heavy atom. The fraction of sp³-hybridized carbons (Fsp3) is 0.333. The maximum absolute atomic E-state index is 8.86. The highest BCUT2D eigenvalue weighted by Crippen LogP contribution is 2.31. The van der Waals surface area contributed by atoms with Gasteiger partial charge in [0.25, 0.3) is 0 Å². The summed E-state index contributed by atoms with van der Waals surface area (Å²) >= 11 is 1.72. The molecule has 2 heterocycles. The second kappa shape index (κ2) is 2.57. The first-order valence-electron chi connectivity index (χ1n) is 3.98. The molecule has 3 nitrogen and oxygen atoms in total. The number of aryl methyl sites for hydroxylation is 3. The Bertz CT molecular complexity index is 513. The van der Waals surface area contributed by atoms with Crippen LogP contribution in [-0.4, -0.2) is 9.78 Å². The third kappa shape index (κ3) is 0.973. The molecule has 4 heteroatoms. The maximum Gasteiger partial charge on any atom is 0.171 e. The average molecular weight is 191 g/mol. The molecule has 0 fully saturated rings. The van der Waals surface area contributed by atoms with Crippen LogP contribution < -0.4 is 0 Å². The van der Waals surface area contributed by atoms with Crippen LogP contribution in [0.15, 0.2) is 0 Å². The zero-order valence-electron chi connectivity index (χ0n) is 7.75. The van der Waals surface area contributed by atoms with Gasteiger partial charge in [-0.1, -0.05) is 0 Å².